The van der Waals surface area contributed by atoms with Crippen molar-refractivity contribution >= 4 is 29.5 Å². The molecular weight excluding hydrogens is 420 g/mol. The van der Waals surface area contributed by atoms with Gasteiger partial charge >= 0.3 is 6.09 Å². The lowest BCUT2D eigenvalue weighted by atomic mass is 10.1. The fraction of sp³-hybridized carbons (Fsp3) is 0.545. The van der Waals surface area contributed by atoms with E-state index >= 15 is 0 Å². The van der Waals surface area contributed by atoms with E-state index in [9.17, 15) is 19.6 Å². The van der Waals surface area contributed by atoms with Crippen molar-refractivity contribution in [2.45, 2.75) is 63.8 Å². The fourth-order valence-corrected chi connectivity index (χ4v) is 4.05. The van der Waals surface area contributed by atoms with Crippen LogP contribution in [0.1, 0.15) is 50.4 Å². The summed E-state index contributed by atoms with van der Waals surface area (Å²) >= 11 is 5.88. The molecule has 2 fully saturated rings. The summed E-state index contributed by atoms with van der Waals surface area (Å²) in [4.78, 5) is 41.6. The van der Waals surface area contributed by atoms with Crippen LogP contribution >= 0.6 is 11.6 Å². The largest absolute Gasteiger partial charge is 0.444 e. The highest BCUT2D eigenvalue weighted by molar-refractivity contribution is 6.30. The normalized spacial score (nSPS) is 23.4. The number of ether oxygens (including phenoxy) is 1. The molecule has 2 aliphatic rings. The van der Waals surface area contributed by atoms with Gasteiger partial charge in [-0.15, -0.1) is 0 Å². The summed E-state index contributed by atoms with van der Waals surface area (Å²) in [5, 5.41) is 12.8. The molecule has 3 amide bonds. The van der Waals surface area contributed by atoms with E-state index in [0.29, 0.717) is 23.6 Å². The van der Waals surface area contributed by atoms with Crippen molar-refractivity contribution in [1.29, 1.82) is 5.26 Å². The minimum atomic E-state index is -0.792. The Bertz CT molecular complexity index is 890. The van der Waals surface area contributed by atoms with E-state index in [4.69, 9.17) is 16.3 Å². The molecule has 166 valence electrons. The summed E-state index contributed by atoms with van der Waals surface area (Å²) in [6.45, 7) is 5.89. The molecule has 1 aromatic carbocycles. The summed E-state index contributed by atoms with van der Waals surface area (Å²) in [6.07, 6.45) is 1.02. The van der Waals surface area contributed by atoms with Crippen LogP contribution in [0.5, 0.6) is 0 Å². The van der Waals surface area contributed by atoms with Crippen LogP contribution in [0.2, 0.25) is 5.02 Å². The molecule has 1 aromatic rings. The zero-order chi connectivity index (χ0) is 22.8. The molecule has 31 heavy (non-hydrogen) atoms. The molecule has 0 bridgehead atoms. The predicted molar refractivity (Wildman–Crippen MR) is 114 cm³/mol. The molecule has 2 aliphatic heterocycles. The second kappa shape index (κ2) is 9.15. The highest BCUT2D eigenvalue weighted by Crippen LogP contribution is 2.27. The fourth-order valence-electron chi connectivity index (χ4n) is 3.92. The molecule has 9 heteroatoms. The Kier molecular flexibility index (Phi) is 6.75. The average molecular weight is 447 g/mol. The van der Waals surface area contributed by atoms with Crippen LogP contribution in [0, 0.1) is 11.3 Å². The number of hydrogen-bond donors (Lipinski definition) is 1. The number of nitrogens with zero attached hydrogens (tertiary/aromatic N) is 3. The number of nitrogens with one attached hydrogen (secondary N) is 1. The van der Waals surface area contributed by atoms with Gasteiger partial charge in [0.05, 0.1) is 6.07 Å². The first kappa shape index (κ1) is 22.9. The van der Waals surface area contributed by atoms with Gasteiger partial charge < -0.3 is 15.0 Å². The van der Waals surface area contributed by atoms with Gasteiger partial charge in [-0.05, 0) is 64.3 Å². The number of hydrogen-bond acceptors (Lipinski definition) is 5. The number of halogens is 1. The van der Waals surface area contributed by atoms with E-state index in [-0.39, 0.29) is 24.8 Å². The molecule has 2 saturated heterocycles. The van der Waals surface area contributed by atoms with E-state index in [1.54, 1.807) is 45.0 Å². The number of carbonyl (C=O) groups excluding carboxylic acids is 3. The third-order valence-corrected chi connectivity index (χ3v) is 5.59. The smallest absolute Gasteiger partial charge is 0.411 e. The highest BCUT2D eigenvalue weighted by atomic mass is 35.5. The second-order valence-electron chi connectivity index (χ2n) is 8.88. The second-order valence-corrected chi connectivity index (χ2v) is 9.32. The molecular formula is C22H27ClN4O4. The van der Waals surface area contributed by atoms with Crippen LogP contribution in [0.25, 0.3) is 0 Å². The van der Waals surface area contributed by atoms with Crippen molar-refractivity contribution in [3.8, 4) is 6.07 Å². The molecule has 0 spiro atoms. The van der Waals surface area contributed by atoms with Gasteiger partial charge in [0.2, 0.25) is 5.91 Å². The Morgan fingerprint density at radius 1 is 1.19 bits per heavy atom. The molecule has 0 saturated carbocycles. The minimum Gasteiger partial charge on any atom is -0.444 e. The summed E-state index contributed by atoms with van der Waals surface area (Å²) in [7, 11) is 0. The van der Waals surface area contributed by atoms with Crippen LogP contribution in [0.15, 0.2) is 24.3 Å². The van der Waals surface area contributed by atoms with Crippen molar-refractivity contribution in [2.24, 2.45) is 0 Å². The third kappa shape index (κ3) is 5.47. The molecule has 3 atom stereocenters. The lowest BCUT2D eigenvalue weighted by Crippen LogP contribution is -2.50. The van der Waals surface area contributed by atoms with Crippen molar-refractivity contribution < 1.29 is 19.1 Å². The van der Waals surface area contributed by atoms with E-state index in [1.807, 2.05) is 0 Å². The third-order valence-electron chi connectivity index (χ3n) is 5.34. The molecule has 0 aliphatic carbocycles. The van der Waals surface area contributed by atoms with Crippen LogP contribution in [0.3, 0.4) is 0 Å². The van der Waals surface area contributed by atoms with Crippen LogP contribution in [0.4, 0.5) is 4.79 Å². The molecule has 0 aromatic heterocycles. The lowest BCUT2D eigenvalue weighted by Gasteiger charge is -2.30. The molecule has 8 nitrogen and oxygen atoms in total. The minimum absolute atomic E-state index is 0.149. The quantitative estimate of drug-likeness (QED) is 0.768. The van der Waals surface area contributed by atoms with E-state index in [2.05, 4.69) is 11.4 Å². The number of rotatable bonds is 3. The van der Waals surface area contributed by atoms with Gasteiger partial charge in [-0.1, -0.05) is 11.6 Å². The maximum atomic E-state index is 13.2. The van der Waals surface area contributed by atoms with Crippen LogP contribution in [-0.4, -0.2) is 64.5 Å². The number of nitriles is 1. The number of likely N-dealkylation sites (tertiary alicyclic amines) is 2. The average Bonchev–Trinajstić information content (AvgIpc) is 3.33. The number of benzene rings is 1. The van der Waals surface area contributed by atoms with E-state index < -0.39 is 29.8 Å². The zero-order valence-corrected chi connectivity index (χ0v) is 18.7. The molecule has 1 N–H and O–H groups in total. The Labute approximate surface area is 187 Å². The number of carbonyl (C=O) groups is 3. The summed E-state index contributed by atoms with van der Waals surface area (Å²) < 4.78 is 5.49. The summed E-state index contributed by atoms with van der Waals surface area (Å²) in [5.41, 5.74) is -0.287. The first-order valence-electron chi connectivity index (χ1n) is 10.3. The predicted octanol–water partition coefficient (Wildman–Crippen LogP) is 2.96. The molecule has 0 radical (unpaired) electrons. The lowest BCUT2D eigenvalue weighted by molar-refractivity contribution is -0.135. The molecule has 0 unspecified atom stereocenters. The maximum absolute atomic E-state index is 13.2. The van der Waals surface area contributed by atoms with E-state index in [1.165, 1.54) is 9.80 Å². The van der Waals surface area contributed by atoms with Crippen LogP contribution in [-0.2, 0) is 9.53 Å². The highest BCUT2D eigenvalue weighted by Gasteiger charge is 2.45. The first-order valence-corrected chi connectivity index (χ1v) is 10.7. The SMILES string of the molecule is CC(C)(C)OC(=O)N1C[C@@H](NC(=O)c2ccc(Cl)cc2)C[C@H]1C(=O)N1CCC[C@H]1C#N. The number of amides is 3. The van der Waals surface area contributed by atoms with Crippen LogP contribution < -0.4 is 5.32 Å². The van der Waals surface area contributed by atoms with Gasteiger partial charge in [-0.25, -0.2) is 4.79 Å². The van der Waals surface area contributed by atoms with Crippen molar-refractivity contribution in [1.82, 2.24) is 15.1 Å². The maximum Gasteiger partial charge on any atom is 0.411 e. The zero-order valence-electron chi connectivity index (χ0n) is 17.9. The van der Waals surface area contributed by atoms with Gasteiger partial charge in [0, 0.05) is 29.7 Å². The van der Waals surface area contributed by atoms with Gasteiger partial charge in [-0.3, -0.25) is 14.5 Å². The molecule has 2 heterocycles. The summed E-state index contributed by atoms with van der Waals surface area (Å²) in [6, 6.07) is 6.93. The Balaban J connectivity index is 1.77. The van der Waals surface area contributed by atoms with Gasteiger partial charge in [-0.2, -0.15) is 5.26 Å². The monoisotopic (exact) mass is 446 g/mol. The van der Waals surface area contributed by atoms with Gasteiger partial charge in [0.1, 0.15) is 17.7 Å². The van der Waals surface area contributed by atoms with Crippen molar-refractivity contribution in [3.63, 3.8) is 0 Å². The Morgan fingerprint density at radius 2 is 1.87 bits per heavy atom. The topological polar surface area (TPSA) is 103 Å². The first-order chi connectivity index (χ1) is 14.6. The van der Waals surface area contributed by atoms with Gasteiger partial charge in [0.15, 0.2) is 0 Å². The van der Waals surface area contributed by atoms with Gasteiger partial charge in [0.25, 0.3) is 5.91 Å². The van der Waals surface area contributed by atoms with Crippen molar-refractivity contribution in [3.05, 3.63) is 34.9 Å². The standard InChI is InChI=1S/C22H27ClN4O4/c1-22(2,3)31-21(30)27-13-16(25-19(28)14-6-8-15(23)9-7-14)11-18(27)20(29)26-10-4-5-17(26)12-24/h6-9,16-18H,4-5,10-11,13H2,1-3H3,(H,25,28)/t16-,17-,18-/m0/s1. The van der Waals surface area contributed by atoms with Crippen molar-refractivity contribution in [2.75, 3.05) is 13.1 Å². The molecule has 3 rings (SSSR count). The Hall–Kier alpha value is -2.79. The summed E-state index contributed by atoms with van der Waals surface area (Å²) in [5.74, 6) is -0.590. The van der Waals surface area contributed by atoms with E-state index in [0.717, 1.165) is 6.42 Å². The Morgan fingerprint density at radius 3 is 2.48 bits per heavy atom.